The second-order valence-electron chi connectivity index (χ2n) is 5.08. The molecule has 0 bridgehead atoms. The first-order valence-electron chi connectivity index (χ1n) is 7.16. The average molecular weight is 396 g/mol. The molecular formula is C13H22BrN3O2S2. The number of likely N-dealkylation sites (N-methyl/N-ethyl adjacent to an activating group) is 1. The molecule has 0 spiro atoms. The van der Waals surface area contributed by atoms with E-state index >= 15 is 0 Å². The minimum absolute atomic E-state index is 0.321. The van der Waals surface area contributed by atoms with Crippen molar-refractivity contribution in [3.8, 4) is 0 Å². The molecule has 0 aliphatic carbocycles. The van der Waals surface area contributed by atoms with Crippen LogP contribution in [0.4, 0.5) is 0 Å². The summed E-state index contributed by atoms with van der Waals surface area (Å²) in [4.78, 5) is 3.55. The Bertz CT molecular complexity index is 584. The lowest BCUT2D eigenvalue weighted by atomic mass is 10.2. The van der Waals surface area contributed by atoms with Crippen LogP contribution in [0.2, 0.25) is 0 Å². The maximum Gasteiger partial charge on any atom is 0.245 e. The van der Waals surface area contributed by atoms with E-state index in [4.69, 9.17) is 5.73 Å². The summed E-state index contributed by atoms with van der Waals surface area (Å²) < 4.78 is 27.8. The van der Waals surface area contributed by atoms with E-state index < -0.39 is 10.0 Å². The van der Waals surface area contributed by atoms with E-state index in [-0.39, 0.29) is 0 Å². The summed E-state index contributed by atoms with van der Waals surface area (Å²) in [5, 5.41) is 0. The molecule has 120 valence electrons. The maximum absolute atomic E-state index is 12.8. The van der Waals surface area contributed by atoms with Gasteiger partial charge in [0.15, 0.2) is 0 Å². The summed E-state index contributed by atoms with van der Waals surface area (Å²) in [6.07, 6.45) is 0.895. The van der Waals surface area contributed by atoms with Gasteiger partial charge in [-0.05, 0) is 41.5 Å². The van der Waals surface area contributed by atoms with Gasteiger partial charge in [-0.3, -0.25) is 4.90 Å². The van der Waals surface area contributed by atoms with Crippen molar-refractivity contribution in [2.45, 2.75) is 37.8 Å². The first-order chi connectivity index (χ1) is 9.93. The molecule has 0 radical (unpaired) electrons. The van der Waals surface area contributed by atoms with Gasteiger partial charge in [-0.25, -0.2) is 8.42 Å². The Morgan fingerprint density at radius 2 is 2.14 bits per heavy atom. The number of sulfonamides is 1. The van der Waals surface area contributed by atoms with Gasteiger partial charge in [0.2, 0.25) is 10.0 Å². The van der Waals surface area contributed by atoms with Gasteiger partial charge in [-0.2, -0.15) is 4.31 Å². The maximum atomic E-state index is 12.8. The van der Waals surface area contributed by atoms with Crippen LogP contribution in [0.5, 0.6) is 0 Å². The number of thiophene rings is 1. The molecule has 1 unspecified atom stereocenters. The summed E-state index contributed by atoms with van der Waals surface area (Å²) >= 11 is 4.75. The molecule has 2 heterocycles. The van der Waals surface area contributed by atoms with Crippen LogP contribution >= 0.6 is 27.3 Å². The molecule has 21 heavy (non-hydrogen) atoms. The minimum Gasteiger partial charge on any atom is -0.326 e. The van der Waals surface area contributed by atoms with Crippen LogP contribution in [0, 0.1) is 0 Å². The number of nitrogens with two attached hydrogens (primary N) is 1. The fourth-order valence-corrected chi connectivity index (χ4v) is 6.78. The van der Waals surface area contributed by atoms with Crippen LogP contribution in [-0.4, -0.2) is 49.8 Å². The first kappa shape index (κ1) is 17.4. The molecular weight excluding hydrogens is 374 g/mol. The van der Waals surface area contributed by atoms with E-state index in [1.54, 1.807) is 10.4 Å². The monoisotopic (exact) mass is 395 g/mol. The zero-order valence-electron chi connectivity index (χ0n) is 12.4. The van der Waals surface area contributed by atoms with Crippen molar-refractivity contribution in [3.05, 3.63) is 14.7 Å². The van der Waals surface area contributed by atoms with Crippen molar-refractivity contribution in [1.29, 1.82) is 0 Å². The third kappa shape index (κ3) is 3.51. The number of nitrogens with zero attached hydrogens (tertiary/aromatic N) is 2. The summed E-state index contributed by atoms with van der Waals surface area (Å²) in [6.45, 7) is 7.66. The first-order valence-corrected chi connectivity index (χ1v) is 10.2. The highest BCUT2D eigenvalue weighted by Gasteiger charge is 2.36. The average Bonchev–Trinajstić information content (AvgIpc) is 3.07. The van der Waals surface area contributed by atoms with Crippen LogP contribution in [0.25, 0.3) is 0 Å². The molecule has 2 N–H and O–H groups in total. The van der Waals surface area contributed by atoms with Crippen LogP contribution in [0.15, 0.2) is 14.7 Å². The highest BCUT2D eigenvalue weighted by atomic mass is 79.9. The van der Waals surface area contributed by atoms with Crippen LogP contribution in [0.3, 0.4) is 0 Å². The zero-order chi connectivity index (χ0) is 15.6. The van der Waals surface area contributed by atoms with Crippen molar-refractivity contribution in [1.82, 2.24) is 9.21 Å². The quantitative estimate of drug-likeness (QED) is 0.800. The van der Waals surface area contributed by atoms with Gasteiger partial charge in [0.05, 0.1) is 3.79 Å². The van der Waals surface area contributed by atoms with Crippen LogP contribution in [-0.2, 0) is 16.6 Å². The SMILES string of the molecule is CCN(CC)C1CCN(S(=O)(=O)c2cc(CN)sc2Br)C1. The van der Waals surface area contributed by atoms with Crippen molar-refractivity contribution >= 4 is 37.3 Å². The Hall–Kier alpha value is 0.01000. The van der Waals surface area contributed by atoms with E-state index in [9.17, 15) is 8.42 Å². The van der Waals surface area contributed by atoms with Crippen molar-refractivity contribution in [3.63, 3.8) is 0 Å². The summed E-state index contributed by atoms with van der Waals surface area (Å²) in [5.74, 6) is 0. The van der Waals surface area contributed by atoms with Gasteiger partial charge in [0.25, 0.3) is 0 Å². The molecule has 1 fully saturated rings. The normalized spacial score (nSPS) is 20.5. The second-order valence-corrected chi connectivity index (χ2v) is 9.44. The lowest BCUT2D eigenvalue weighted by Gasteiger charge is -2.26. The summed E-state index contributed by atoms with van der Waals surface area (Å²) in [7, 11) is -3.43. The van der Waals surface area contributed by atoms with Gasteiger partial charge < -0.3 is 5.73 Å². The van der Waals surface area contributed by atoms with Crippen LogP contribution in [0.1, 0.15) is 25.1 Å². The number of hydrogen-bond acceptors (Lipinski definition) is 5. The Morgan fingerprint density at radius 3 is 2.67 bits per heavy atom. The molecule has 0 saturated carbocycles. The molecule has 1 aromatic rings. The molecule has 1 atom stereocenters. The van der Waals surface area contributed by atoms with Gasteiger partial charge >= 0.3 is 0 Å². The lowest BCUT2D eigenvalue weighted by molar-refractivity contribution is 0.224. The molecule has 2 rings (SSSR count). The number of rotatable bonds is 6. The minimum atomic E-state index is -3.43. The smallest absolute Gasteiger partial charge is 0.245 e. The largest absolute Gasteiger partial charge is 0.326 e. The van der Waals surface area contributed by atoms with E-state index in [0.717, 1.165) is 24.4 Å². The third-order valence-corrected chi connectivity index (χ3v) is 8.12. The van der Waals surface area contributed by atoms with Crippen molar-refractivity contribution in [2.24, 2.45) is 5.73 Å². The number of halogens is 1. The Morgan fingerprint density at radius 1 is 1.48 bits per heavy atom. The highest BCUT2D eigenvalue weighted by Crippen LogP contribution is 2.34. The fraction of sp³-hybridized carbons (Fsp3) is 0.692. The highest BCUT2D eigenvalue weighted by molar-refractivity contribution is 9.11. The van der Waals surface area contributed by atoms with Gasteiger partial charge in [0, 0.05) is 30.6 Å². The molecule has 0 aromatic carbocycles. The standard InChI is InChI=1S/C13H22BrN3O2S2/c1-3-16(4-2)10-5-6-17(9-10)21(18,19)12-7-11(8-15)20-13(12)14/h7,10H,3-6,8-9,15H2,1-2H3. The van der Waals surface area contributed by atoms with Crippen molar-refractivity contribution in [2.75, 3.05) is 26.2 Å². The van der Waals surface area contributed by atoms with E-state index in [1.807, 2.05) is 0 Å². The van der Waals surface area contributed by atoms with Crippen LogP contribution < -0.4 is 5.73 Å². The predicted octanol–water partition coefficient (Wildman–Crippen LogP) is 2.07. The zero-order valence-corrected chi connectivity index (χ0v) is 15.6. The molecule has 0 amide bonds. The Balaban J connectivity index is 2.19. The molecule has 5 nitrogen and oxygen atoms in total. The molecule has 1 saturated heterocycles. The third-order valence-electron chi connectivity index (χ3n) is 3.98. The van der Waals surface area contributed by atoms with E-state index in [2.05, 4.69) is 34.7 Å². The van der Waals surface area contributed by atoms with E-state index in [1.165, 1.54) is 11.3 Å². The molecule has 1 aliphatic heterocycles. The molecule has 1 aromatic heterocycles. The van der Waals surface area contributed by atoms with Gasteiger partial charge in [-0.1, -0.05) is 13.8 Å². The predicted molar refractivity (Wildman–Crippen MR) is 90.0 cm³/mol. The number of hydrogen-bond donors (Lipinski definition) is 1. The van der Waals surface area contributed by atoms with Gasteiger partial charge in [-0.15, -0.1) is 11.3 Å². The van der Waals surface area contributed by atoms with Gasteiger partial charge in [0.1, 0.15) is 4.90 Å². The fourth-order valence-electron chi connectivity index (χ4n) is 2.78. The lowest BCUT2D eigenvalue weighted by Crippen LogP contribution is -2.38. The molecule has 8 heteroatoms. The topological polar surface area (TPSA) is 66.6 Å². The summed E-state index contributed by atoms with van der Waals surface area (Å²) in [5.41, 5.74) is 5.60. The second kappa shape index (κ2) is 7.06. The molecule has 1 aliphatic rings. The Labute approximate surface area is 139 Å². The van der Waals surface area contributed by atoms with Crippen molar-refractivity contribution < 1.29 is 8.42 Å². The Kier molecular flexibility index (Phi) is 5.84. The summed E-state index contributed by atoms with van der Waals surface area (Å²) in [6, 6.07) is 2.01. The van der Waals surface area contributed by atoms with E-state index in [0.29, 0.717) is 34.4 Å².